The molecule has 0 radical (unpaired) electrons. The molecule has 4 nitrogen and oxygen atoms in total. The van der Waals surface area contributed by atoms with Gasteiger partial charge in [-0.1, -0.05) is 26.2 Å². The molecule has 1 aliphatic carbocycles. The van der Waals surface area contributed by atoms with Crippen molar-refractivity contribution in [3.05, 3.63) is 0 Å². The van der Waals surface area contributed by atoms with Gasteiger partial charge in [0.05, 0.1) is 6.10 Å². The van der Waals surface area contributed by atoms with E-state index in [0.29, 0.717) is 12.5 Å². The Morgan fingerprint density at radius 2 is 2.06 bits per heavy atom. The highest BCUT2D eigenvalue weighted by Gasteiger charge is 2.31. The van der Waals surface area contributed by atoms with Crippen LogP contribution in [0.15, 0.2) is 0 Å². The molecular weight excluding hydrogens is 230 g/mol. The van der Waals surface area contributed by atoms with Crippen LogP contribution in [0.25, 0.3) is 0 Å². The first-order valence-electron chi connectivity index (χ1n) is 7.32. The predicted octanol–water partition coefficient (Wildman–Crippen LogP) is 2.18. The molecule has 2 N–H and O–H groups in total. The van der Waals surface area contributed by atoms with Gasteiger partial charge in [-0.3, -0.25) is 0 Å². The average Bonchev–Trinajstić information content (AvgIpc) is 2.85. The third-order valence-corrected chi connectivity index (χ3v) is 4.42. The summed E-state index contributed by atoms with van der Waals surface area (Å²) in [7, 11) is 0. The van der Waals surface area contributed by atoms with Crippen molar-refractivity contribution in [3.63, 3.8) is 0 Å². The van der Waals surface area contributed by atoms with E-state index in [4.69, 9.17) is 9.84 Å². The summed E-state index contributed by atoms with van der Waals surface area (Å²) in [5, 5.41) is 12.5. The van der Waals surface area contributed by atoms with Crippen molar-refractivity contribution in [2.75, 3.05) is 6.54 Å². The van der Waals surface area contributed by atoms with Gasteiger partial charge in [0.2, 0.25) is 0 Å². The molecule has 4 unspecified atom stereocenters. The van der Waals surface area contributed by atoms with Crippen LogP contribution < -0.4 is 5.32 Å². The van der Waals surface area contributed by atoms with Gasteiger partial charge in [-0.25, -0.2) is 4.79 Å². The maximum absolute atomic E-state index is 10.8. The van der Waals surface area contributed by atoms with Crippen molar-refractivity contribution in [2.24, 2.45) is 5.92 Å². The van der Waals surface area contributed by atoms with Crippen LogP contribution in [-0.4, -0.2) is 35.9 Å². The van der Waals surface area contributed by atoms with Crippen molar-refractivity contribution in [1.82, 2.24) is 5.32 Å². The molecule has 104 valence electrons. The molecule has 1 saturated heterocycles. The Labute approximate surface area is 109 Å². The van der Waals surface area contributed by atoms with E-state index in [1.54, 1.807) is 0 Å². The second-order valence-corrected chi connectivity index (χ2v) is 5.63. The molecule has 2 rings (SSSR count). The molecule has 1 aliphatic heterocycles. The van der Waals surface area contributed by atoms with Crippen LogP contribution in [0.4, 0.5) is 0 Å². The van der Waals surface area contributed by atoms with Gasteiger partial charge in [0, 0.05) is 12.6 Å². The summed E-state index contributed by atoms with van der Waals surface area (Å²) in [6.45, 7) is 3.07. The van der Waals surface area contributed by atoms with E-state index in [0.717, 1.165) is 18.9 Å². The SMILES string of the molecule is CCC1CCCCC1NCC1CCC(C(=O)O)O1. The summed E-state index contributed by atoms with van der Waals surface area (Å²) in [6.07, 6.45) is 7.54. The lowest BCUT2D eigenvalue weighted by Crippen LogP contribution is -2.42. The van der Waals surface area contributed by atoms with E-state index in [1.165, 1.54) is 32.1 Å². The number of ether oxygens (including phenoxy) is 1. The van der Waals surface area contributed by atoms with Crippen molar-refractivity contribution in [1.29, 1.82) is 0 Å². The van der Waals surface area contributed by atoms with Gasteiger partial charge in [-0.2, -0.15) is 0 Å². The molecule has 0 aromatic carbocycles. The fourth-order valence-corrected chi connectivity index (χ4v) is 3.29. The summed E-state index contributed by atoms with van der Waals surface area (Å²) in [6, 6.07) is 0.608. The van der Waals surface area contributed by atoms with E-state index >= 15 is 0 Å². The van der Waals surface area contributed by atoms with Crippen LogP contribution in [0.1, 0.15) is 51.9 Å². The van der Waals surface area contributed by atoms with Crippen molar-refractivity contribution in [2.45, 2.75) is 70.1 Å². The fraction of sp³-hybridized carbons (Fsp3) is 0.929. The average molecular weight is 255 g/mol. The zero-order chi connectivity index (χ0) is 13.0. The highest BCUT2D eigenvalue weighted by molar-refractivity contribution is 5.72. The second-order valence-electron chi connectivity index (χ2n) is 5.63. The van der Waals surface area contributed by atoms with Crippen LogP contribution in [0.3, 0.4) is 0 Å². The normalized spacial score (nSPS) is 36.7. The minimum Gasteiger partial charge on any atom is -0.479 e. The van der Waals surface area contributed by atoms with Crippen molar-refractivity contribution < 1.29 is 14.6 Å². The van der Waals surface area contributed by atoms with Crippen LogP contribution in [0, 0.1) is 5.92 Å². The molecule has 1 saturated carbocycles. The topological polar surface area (TPSA) is 58.6 Å². The van der Waals surface area contributed by atoms with Gasteiger partial charge >= 0.3 is 5.97 Å². The highest BCUT2D eigenvalue weighted by atomic mass is 16.5. The molecule has 0 amide bonds. The maximum atomic E-state index is 10.8. The van der Waals surface area contributed by atoms with E-state index < -0.39 is 12.1 Å². The number of hydrogen-bond acceptors (Lipinski definition) is 3. The number of carboxylic acid groups (broad SMARTS) is 1. The number of hydrogen-bond donors (Lipinski definition) is 2. The minimum absolute atomic E-state index is 0.0885. The van der Waals surface area contributed by atoms with E-state index in [9.17, 15) is 4.79 Å². The lowest BCUT2D eigenvalue weighted by atomic mass is 9.83. The van der Waals surface area contributed by atoms with E-state index in [1.807, 2.05) is 0 Å². The number of carboxylic acids is 1. The van der Waals surface area contributed by atoms with Crippen molar-refractivity contribution in [3.8, 4) is 0 Å². The van der Waals surface area contributed by atoms with Crippen LogP contribution in [0.5, 0.6) is 0 Å². The first-order chi connectivity index (χ1) is 8.70. The van der Waals surface area contributed by atoms with Crippen LogP contribution >= 0.6 is 0 Å². The Morgan fingerprint density at radius 1 is 1.28 bits per heavy atom. The Morgan fingerprint density at radius 3 is 2.72 bits per heavy atom. The predicted molar refractivity (Wildman–Crippen MR) is 69.6 cm³/mol. The van der Waals surface area contributed by atoms with Gasteiger partial charge in [0.25, 0.3) is 0 Å². The van der Waals surface area contributed by atoms with Gasteiger partial charge < -0.3 is 15.2 Å². The van der Waals surface area contributed by atoms with E-state index in [-0.39, 0.29) is 6.10 Å². The molecule has 0 aromatic rings. The van der Waals surface area contributed by atoms with Crippen LogP contribution in [-0.2, 0) is 9.53 Å². The van der Waals surface area contributed by atoms with E-state index in [2.05, 4.69) is 12.2 Å². The zero-order valence-corrected chi connectivity index (χ0v) is 11.2. The van der Waals surface area contributed by atoms with Gasteiger partial charge in [-0.05, 0) is 31.6 Å². The lowest BCUT2D eigenvalue weighted by Gasteiger charge is -2.32. The Bertz CT molecular complexity index is 282. The lowest BCUT2D eigenvalue weighted by molar-refractivity contribution is -0.149. The monoisotopic (exact) mass is 255 g/mol. The quantitative estimate of drug-likeness (QED) is 0.790. The molecule has 0 bridgehead atoms. The molecule has 0 spiro atoms. The zero-order valence-electron chi connectivity index (χ0n) is 11.2. The highest BCUT2D eigenvalue weighted by Crippen LogP contribution is 2.27. The van der Waals surface area contributed by atoms with Crippen molar-refractivity contribution >= 4 is 5.97 Å². The van der Waals surface area contributed by atoms with Gasteiger partial charge in [0.15, 0.2) is 6.10 Å². The number of aliphatic carboxylic acids is 1. The summed E-state index contributed by atoms with van der Waals surface area (Å²) in [4.78, 5) is 10.8. The summed E-state index contributed by atoms with van der Waals surface area (Å²) >= 11 is 0. The van der Waals surface area contributed by atoms with Gasteiger partial charge in [-0.15, -0.1) is 0 Å². The second kappa shape index (κ2) is 6.53. The van der Waals surface area contributed by atoms with Crippen LogP contribution in [0.2, 0.25) is 0 Å². The molecule has 4 atom stereocenters. The third-order valence-electron chi connectivity index (χ3n) is 4.42. The molecule has 2 aliphatic rings. The summed E-state index contributed by atoms with van der Waals surface area (Å²) in [5.74, 6) is -0.0305. The molecule has 18 heavy (non-hydrogen) atoms. The molecular formula is C14H25NO3. The largest absolute Gasteiger partial charge is 0.479 e. The third kappa shape index (κ3) is 3.45. The Balaban J connectivity index is 1.72. The number of carbonyl (C=O) groups is 1. The smallest absolute Gasteiger partial charge is 0.332 e. The first kappa shape index (κ1) is 13.8. The number of nitrogens with one attached hydrogen (secondary N) is 1. The molecule has 2 fully saturated rings. The number of rotatable bonds is 5. The molecule has 1 heterocycles. The Hall–Kier alpha value is -0.610. The summed E-state index contributed by atoms with van der Waals surface area (Å²) in [5.41, 5.74) is 0. The maximum Gasteiger partial charge on any atom is 0.332 e. The Kier molecular flexibility index (Phi) is 5.01. The standard InChI is InChI=1S/C14H25NO3/c1-2-10-5-3-4-6-12(10)15-9-11-7-8-13(18-11)14(16)17/h10-13,15H,2-9H2,1H3,(H,16,17). The molecule has 4 heteroatoms. The first-order valence-corrected chi connectivity index (χ1v) is 7.32. The molecule has 0 aromatic heterocycles. The summed E-state index contributed by atoms with van der Waals surface area (Å²) < 4.78 is 5.52. The fourth-order valence-electron chi connectivity index (χ4n) is 3.29. The van der Waals surface area contributed by atoms with Gasteiger partial charge in [0.1, 0.15) is 0 Å². The minimum atomic E-state index is -0.818.